The highest BCUT2D eigenvalue weighted by molar-refractivity contribution is 5.82. The fourth-order valence-corrected chi connectivity index (χ4v) is 5.72. The lowest BCUT2D eigenvalue weighted by molar-refractivity contribution is -0.141. The summed E-state index contributed by atoms with van der Waals surface area (Å²) < 4.78 is 11.5. The Labute approximate surface area is 161 Å². The molecule has 5 heteroatoms. The van der Waals surface area contributed by atoms with E-state index in [-0.39, 0.29) is 11.3 Å². The molecule has 3 fully saturated rings. The highest BCUT2D eigenvalue weighted by atomic mass is 16.5. The number of piperidine rings is 1. The van der Waals surface area contributed by atoms with Gasteiger partial charge in [0.1, 0.15) is 0 Å². The van der Waals surface area contributed by atoms with Gasteiger partial charge in [0.2, 0.25) is 5.91 Å². The molecular weight excluding hydrogens is 340 g/mol. The van der Waals surface area contributed by atoms with Crippen molar-refractivity contribution < 1.29 is 14.3 Å². The maximum atomic E-state index is 13.8. The first-order valence-electron chi connectivity index (χ1n) is 10.6. The number of likely N-dealkylation sites (tertiary alicyclic amines) is 1. The van der Waals surface area contributed by atoms with Gasteiger partial charge in [-0.25, -0.2) is 0 Å². The molecule has 0 aromatic heterocycles. The minimum Gasteiger partial charge on any atom is -0.493 e. The summed E-state index contributed by atoms with van der Waals surface area (Å²) in [4.78, 5) is 16.1. The van der Waals surface area contributed by atoms with Crippen LogP contribution in [0.25, 0.3) is 0 Å². The molecule has 0 radical (unpaired) electrons. The van der Waals surface area contributed by atoms with E-state index in [0.29, 0.717) is 18.6 Å². The van der Waals surface area contributed by atoms with Crippen LogP contribution in [0.15, 0.2) is 18.2 Å². The zero-order chi connectivity index (χ0) is 18.4. The standard InChI is InChI=1S/C22H30N2O3/c1-26-19-7-4-5-16-20(19)27-12-10-22(16)14-23-13-17(22)21(25)24-11-3-2-6-18(24)15-8-9-15/h4-5,7,15,17-18,23H,2-3,6,8-14H2,1H3/t17-,18?,22-/m0/s1. The Morgan fingerprint density at radius 3 is 3.00 bits per heavy atom. The van der Waals surface area contributed by atoms with Crippen molar-refractivity contribution in [1.82, 2.24) is 10.2 Å². The largest absolute Gasteiger partial charge is 0.493 e. The van der Waals surface area contributed by atoms with Crippen molar-refractivity contribution >= 4 is 5.91 Å². The molecule has 1 aromatic carbocycles. The molecule has 146 valence electrons. The van der Waals surface area contributed by atoms with Crippen molar-refractivity contribution in [2.75, 3.05) is 33.4 Å². The lowest BCUT2D eigenvalue weighted by atomic mass is 9.68. The van der Waals surface area contributed by atoms with Crippen LogP contribution in [0.1, 0.15) is 44.1 Å². The molecule has 1 saturated carbocycles. The summed E-state index contributed by atoms with van der Waals surface area (Å²) in [5, 5.41) is 3.55. The Bertz CT molecular complexity index is 732. The highest BCUT2D eigenvalue weighted by Crippen LogP contribution is 2.50. The first kappa shape index (κ1) is 17.4. The van der Waals surface area contributed by atoms with E-state index < -0.39 is 0 Å². The van der Waals surface area contributed by atoms with Gasteiger partial charge in [-0.05, 0) is 50.5 Å². The van der Waals surface area contributed by atoms with Crippen molar-refractivity contribution in [2.45, 2.75) is 50.0 Å². The van der Waals surface area contributed by atoms with E-state index in [9.17, 15) is 4.79 Å². The molecule has 4 aliphatic rings. The first-order chi connectivity index (χ1) is 13.2. The lowest BCUT2D eigenvalue weighted by Crippen LogP contribution is -2.53. The Morgan fingerprint density at radius 1 is 1.30 bits per heavy atom. The molecule has 1 aliphatic carbocycles. The summed E-state index contributed by atoms with van der Waals surface area (Å²) in [6.07, 6.45) is 7.10. The molecular formula is C22H30N2O3. The molecule has 3 atom stereocenters. The second kappa shape index (κ2) is 6.69. The van der Waals surface area contributed by atoms with E-state index >= 15 is 0 Å². The van der Waals surface area contributed by atoms with E-state index in [1.807, 2.05) is 12.1 Å². The number of carbonyl (C=O) groups is 1. The number of nitrogens with one attached hydrogen (secondary N) is 1. The van der Waals surface area contributed by atoms with Gasteiger partial charge < -0.3 is 19.7 Å². The van der Waals surface area contributed by atoms with E-state index in [1.54, 1.807) is 7.11 Å². The normalized spacial score (nSPS) is 32.9. The van der Waals surface area contributed by atoms with Crippen molar-refractivity contribution in [3.05, 3.63) is 23.8 Å². The van der Waals surface area contributed by atoms with Crippen LogP contribution in [-0.2, 0) is 10.2 Å². The predicted octanol–water partition coefficient (Wildman–Crippen LogP) is 2.73. The van der Waals surface area contributed by atoms with Crippen LogP contribution in [0, 0.1) is 11.8 Å². The zero-order valence-electron chi connectivity index (χ0n) is 16.2. The van der Waals surface area contributed by atoms with Gasteiger partial charge >= 0.3 is 0 Å². The second-order valence-electron chi connectivity index (χ2n) is 8.71. The molecule has 27 heavy (non-hydrogen) atoms. The average molecular weight is 370 g/mol. The van der Waals surface area contributed by atoms with Crippen LogP contribution in [-0.4, -0.2) is 50.2 Å². The molecule has 3 heterocycles. The molecule has 3 aliphatic heterocycles. The van der Waals surface area contributed by atoms with Crippen molar-refractivity contribution in [3.63, 3.8) is 0 Å². The molecule has 1 spiro atoms. The van der Waals surface area contributed by atoms with Gasteiger partial charge in [0.15, 0.2) is 11.5 Å². The van der Waals surface area contributed by atoms with E-state index in [0.717, 1.165) is 55.5 Å². The quantitative estimate of drug-likeness (QED) is 0.889. The number of amides is 1. The Morgan fingerprint density at radius 2 is 2.19 bits per heavy atom. The number of hydrogen-bond donors (Lipinski definition) is 1. The molecule has 2 saturated heterocycles. The number of benzene rings is 1. The molecule has 5 nitrogen and oxygen atoms in total. The second-order valence-corrected chi connectivity index (χ2v) is 8.71. The summed E-state index contributed by atoms with van der Waals surface area (Å²) in [5.74, 6) is 2.73. The van der Waals surface area contributed by atoms with Crippen molar-refractivity contribution in [2.24, 2.45) is 11.8 Å². The third-order valence-corrected chi connectivity index (χ3v) is 7.28. The van der Waals surface area contributed by atoms with Gasteiger partial charge in [-0.15, -0.1) is 0 Å². The SMILES string of the molecule is COc1cccc2c1OCC[C@]21CNC[C@H]1C(=O)N1CCCCC1C1CC1. The Kier molecular flexibility index (Phi) is 4.30. The fraction of sp³-hybridized carbons (Fsp3) is 0.682. The number of hydrogen-bond acceptors (Lipinski definition) is 4. The number of fused-ring (bicyclic) bond motifs is 2. The average Bonchev–Trinajstić information content (AvgIpc) is 3.48. The first-order valence-corrected chi connectivity index (χ1v) is 10.6. The van der Waals surface area contributed by atoms with Crippen LogP contribution >= 0.6 is 0 Å². The van der Waals surface area contributed by atoms with Gasteiger partial charge in [-0.2, -0.15) is 0 Å². The van der Waals surface area contributed by atoms with Gasteiger partial charge in [-0.1, -0.05) is 12.1 Å². The highest BCUT2D eigenvalue weighted by Gasteiger charge is 2.53. The molecule has 5 rings (SSSR count). The van der Waals surface area contributed by atoms with Crippen LogP contribution in [0.3, 0.4) is 0 Å². The Balaban J connectivity index is 1.50. The van der Waals surface area contributed by atoms with Gasteiger partial charge in [-0.3, -0.25) is 4.79 Å². The summed E-state index contributed by atoms with van der Waals surface area (Å²) >= 11 is 0. The van der Waals surface area contributed by atoms with Crippen molar-refractivity contribution in [1.29, 1.82) is 0 Å². The molecule has 0 bridgehead atoms. The summed E-state index contributed by atoms with van der Waals surface area (Å²) in [6, 6.07) is 6.60. The van der Waals surface area contributed by atoms with Gasteiger partial charge in [0, 0.05) is 36.7 Å². The van der Waals surface area contributed by atoms with Gasteiger partial charge in [0.25, 0.3) is 0 Å². The minimum atomic E-state index is -0.176. The number of nitrogens with zero attached hydrogens (tertiary/aromatic N) is 1. The van der Waals surface area contributed by atoms with Gasteiger partial charge in [0.05, 0.1) is 19.6 Å². The maximum absolute atomic E-state index is 13.8. The summed E-state index contributed by atoms with van der Waals surface area (Å²) in [7, 11) is 1.68. The third-order valence-electron chi connectivity index (χ3n) is 7.28. The van der Waals surface area contributed by atoms with E-state index in [4.69, 9.17) is 9.47 Å². The zero-order valence-corrected chi connectivity index (χ0v) is 16.2. The number of carbonyl (C=O) groups excluding carboxylic acids is 1. The van der Waals surface area contributed by atoms with Crippen LogP contribution < -0.4 is 14.8 Å². The lowest BCUT2D eigenvalue weighted by Gasteiger charge is -2.43. The molecule has 1 amide bonds. The number of rotatable bonds is 3. The number of methoxy groups -OCH3 is 1. The Hall–Kier alpha value is -1.75. The van der Waals surface area contributed by atoms with E-state index in [2.05, 4.69) is 16.3 Å². The number of ether oxygens (including phenoxy) is 2. The van der Waals surface area contributed by atoms with E-state index in [1.165, 1.54) is 25.7 Å². The van der Waals surface area contributed by atoms with Crippen molar-refractivity contribution in [3.8, 4) is 11.5 Å². The molecule has 1 unspecified atom stereocenters. The maximum Gasteiger partial charge on any atom is 0.228 e. The monoisotopic (exact) mass is 370 g/mol. The minimum absolute atomic E-state index is 0.00777. The smallest absolute Gasteiger partial charge is 0.228 e. The third kappa shape index (κ3) is 2.74. The number of para-hydroxylation sites is 1. The van der Waals surface area contributed by atoms with Crippen LogP contribution in [0.2, 0.25) is 0 Å². The molecule has 1 N–H and O–H groups in total. The fourth-order valence-electron chi connectivity index (χ4n) is 5.72. The summed E-state index contributed by atoms with van der Waals surface area (Å²) in [6.45, 7) is 3.19. The topological polar surface area (TPSA) is 50.8 Å². The summed E-state index contributed by atoms with van der Waals surface area (Å²) in [5.41, 5.74) is 0.974. The predicted molar refractivity (Wildman–Crippen MR) is 103 cm³/mol. The van der Waals surface area contributed by atoms with Crippen LogP contribution in [0.5, 0.6) is 11.5 Å². The molecule has 1 aromatic rings. The van der Waals surface area contributed by atoms with Crippen LogP contribution in [0.4, 0.5) is 0 Å².